The number of hydrogen-bond acceptors (Lipinski definition) is 2. The van der Waals surface area contributed by atoms with Crippen LogP contribution < -0.4 is 0 Å². The summed E-state index contributed by atoms with van der Waals surface area (Å²) in [6, 6.07) is 0. The van der Waals surface area contributed by atoms with Gasteiger partial charge in [-0.3, -0.25) is 4.79 Å². The molecule has 14 heavy (non-hydrogen) atoms. The number of rotatable bonds is 3. The lowest BCUT2D eigenvalue weighted by Gasteiger charge is -2.14. The van der Waals surface area contributed by atoms with Crippen LogP contribution in [0.3, 0.4) is 0 Å². The minimum atomic E-state index is -0.174. The highest BCUT2D eigenvalue weighted by Gasteiger charge is 2.16. The molecule has 0 bridgehead atoms. The molecule has 0 aromatic rings. The van der Waals surface area contributed by atoms with Crippen LogP contribution in [0, 0.1) is 0 Å². The second-order valence-electron chi connectivity index (χ2n) is 2.96. The van der Waals surface area contributed by atoms with Gasteiger partial charge >= 0.3 is 5.97 Å². The maximum Gasteiger partial charge on any atom is 0.310 e. The molecule has 0 saturated heterocycles. The Hall–Kier alpha value is -0.0900. The van der Waals surface area contributed by atoms with Gasteiger partial charge in [0.25, 0.3) is 0 Å². The molecular formula is C10H12Br2O2. The first-order valence-electron chi connectivity index (χ1n) is 4.54. The van der Waals surface area contributed by atoms with Crippen LogP contribution in [-0.4, -0.2) is 12.6 Å². The fourth-order valence-electron chi connectivity index (χ4n) is 1.27. The van der Waals surface area contributed by atoms with Gasteiger partial charge in [-0.1, -0.05) is 37.9 Å². The van der Waals surface area contributed by atoms with Gasteiger partial charge in [-0.25, -0.2) is 0 Å². The smallest absolute Gasteiger partial charge is 0.310 e. The van der Waals surface area contributed by atoms with E-state index in [0.29, 0.717) is 13.0 Å². The zero-order chi connectivity index (χ0) is 10.6. The third-order valence-corrected chi connectivity index (χ3v) is 3.61. The predicted octanol–water partition coefficient (Wildman–Crippen LogP) is 3.66. The van der Waals surface area contributed by atoms with Crippen LogP contribution in [0.2, 0.25) is 0 Å². The van der Waals surface area contributed by atoms with E-state index >= 15 is 0 Å². The second kappa shape index (κ2) is 5.71. The summed E-state index contributed by atoms with van der Waals surface area (Å²) >= 11 is 6.92. The number of allylic oxidation sites excluding steroid dienone is 3. The molecule has 0 spiro atoms. The lowest BCUT2D eigenvalue weighted by atomic mass is 10.0. The quantitative estimate of drug-likeness (QED) is 0.741. The van der Waals surface area contributed by atoms with Crippen LogP contribution in [-0.2, 0) is 9.53 Å². The van der Waals surface area contributed by atoms with Crippen molar-refractivity contribution >= 4 is 37.8 Å². The largest absolute Gasteiger partial charge is 0.466 e. The van der Waals surface area contributed by atoms with Crippen LogP contribution in [0.25, 0.3) is 0 Å². The molecular weight excluding hydrogens is 312 g/mol. The molecule has 78 valence electrons. The Kier molecular flexibility index (Phi) is 4.89. The minimum absolute atomic E-state index is 0.174. The summed E-state index contributed by atoms with van der Waals surface area (Å²) < 4.78 is 7.00. The van der Waals surface area contributed by atoms with Crippen molar-refractivity contribution in [2.75, 3.05) is 6.61 Å². The number of halogens is 2. The fraction of sp³-hybridized carbons (Fsp3) is 0.500. The second-order valence-corrected chi connectivity index (χ2v) is 4.77. The highest BCUT2D eigenvalue weighted by molar-refractivity contribution is 9.12. The Bertz CT molecular complexity index is 292. The molecule has 2 nitrogen and oxygen atoms in total. The summed E-state index contributed by atoms with van der Waals surface area (Å²) in [5.74, 6) is -0.174. The Labute approximate surface area is 101 Å². The van der Waals surface area contributed by atoms with Gasteiger partial charge in [0.1, 0.15) is 0 Å². The van der Waals surface area contributed by atoms with Gasteiger partial charge in [-0.2, -0.15) is 0 Å². The SMILES string of the molecule is CCOC(=O)CC1=C(Br)CCC=C1Br. The third kappa shape index (κ3) is 3.24. The number of hydrogen-bond donors (Lipinski definition) is 0. The number of carbonyl (C=O) groups excluding carboxylic acids is 1. The van der Waals surface area contributed by atoms with E-state index in [2.05, 4.69) is 37.9 Å². The minimum Gasteiger partial charge on any atom is -0.466 e. The molecule has 1 aliphatic carbocycles. The standard InChI is InChI=1S/C10H12Br2O2/c1-2-14-10(13)6-7-8(11)4-3-5-9(7)12/h4H,2-3,5-6H2,1H3. The molecule has 0 N–H and O–H groups in total. The molecule has 0 aromatic carbocycles. The Morgan fingerprint density at radius 1 is 1.57 bits per heavy atom. The molecule has 0 fully saturated rings. The van der Waals surface area contributed by atoms with Gasteiger partial charge in [-0.15, -0.1) is 0 Å². The molecule has 0 aliphatic heterocycles. The van der Waals surface area contributed by atoms with Gasteiger partial charge in [0.05, 0.1) is 13.0 Å². The van der Waals surface area contributed by atoms with Crippen LogP contribution in [0.4, 0.5) is 0 Å². The first-order valence-corrected chi connectivity index (χ1v) is 6.13. The average Bonchev–Trinajstić information content (AvgIpc) is 2.12. The van der Waals surface area contributed by atoms with Crippen molar-refractivity contribution in [2.24, 2.45) is 0 Å². The van der Waals surface area contributed by atoms with Crippen LogP contribution in [0.15, 0.2) is 20.6 Å². The summed E-state index contributed by atoms with van der Waals surface area (Å²) in [6.45, 7) is 2.25. The highest BCUT2D eigenvalue weighted by atomic mass is 79.9. The molecule has 0 amide bonds. The van der Waals surface area contributed by atoms with E-state index in [1.54, 1.807) is 0 Å². The van der Waals surface area contributed by atoms with Crippen molar-refractivity contribution in [3.05, 3.63) is 20.6 Å². The first-order chi connectivity index (χ1) is 6.65. The van der Waals surface area contributed by atoms with Crippen molar-refractivity contribution in [2.45, 2.75) is 26.2 Å². The maximum atomic E-state index is 11.3. The number of esters is 1. The number of ether oxygens (including phenoxy) is 1. The van der Waals surface area contributed by atoms with Gasteiger partial charge in [0, 0.05) is 8.96 Å². The molecule has 0 heterocycles. The van der Waals surface area contributed by atoms with Crippen LogP contribution >= 0.6 is 31.9 Å². The van der Waals surface area contributed by atoms with E-state index in [1.807, 2.05) is 6.92 Å². The van der Waals surface area contributed by atoms with Gasteiger partial charge < -0.3 is 4.74 Å². The number of carbonyl (C=O) groups is 1. The topological polar surface area (TPSA) is 26.3 Å². The van der Waals surface area contributed by atoms with Gasteiger partial charge in [-0.05, 0) is 25.3 Å². The van der Waals surface area contributed by atoms with E-state index in [-0.39, 0.29) is 5.97 Å². The highest BCUT2D eigenvalue weighted by Crippen LogP contribution is 2.34. The normalized spacial score (nSPS) is 16.6. The summed E-state index contributed by atoms with van der Waals surface area (Å²) in [6.07, 6.45) is 4.39. The Morgan fingerprint density at radius 3 is 2.86 bits per heavy atom. The Balaban J connectivity index is 2.66. The van der Waals surface area contributed by atoms with Gasteiger partial charge in [0.2, 0.25) is 0 Å². The monoisotopic (exact) mass is 322 g/mol. The van der Waals surface area contributed by atoms with Crippen molar-refractivity contribution in [3.8, 4) is 0 Å². The zero-order valence-corrected chi connectivity index (χ0v) is 11.2. The third-order valence-electron chi connectivity index (χ3n) is 1.93. The van der Waals surface area contributed by atoms with E-state index in [0.717, 1.165) is 27.4 Å². The molecule has 1 aliphatic rings. The van der Waals surface area contributed by atoms with Crippen LogP contribution in [0.1, 0.15) is 26.2 Å². The molecule has 0 saturated carbocycles. The molecule has 1 rings (SSSR count). The predicted molar refractivity (Wildman–Crippen MR) is 63.4 cm³/mol. The molecule has 0 atom stereocenters. The van der Waals surface area contributed by atoms with E-state index in [9.17, 15) is 4.79 Å². The van der Waals surface area contributed by atoms with Crippen molar-refractivity contribution in [1.29, 1.82) is 0 Å². The average molecular weight is 324 g/mol. The molecule has 0 unspecified atom stereocenters. The Morgan fingerprint density at radius 2 is 2.29 bits per heavy atom. The first kappa shape index (κ1) is 12.0. The van der Waals surface area contributed by atoms with Crippen molar-refractivity contribution in [1.82, 2.24) is 0 Å². The summed E-state index contributed by atoms with van der Waals surface area (Å²) in [5, 5.41) is 0. The molecule has 0 aromatic heterocycles. The summed E-state index contributed by atoms with van der Waals surface area (Å²) in [7, 11) is 0. The maximum absolute atomic E-state index is 11.3. The summed E-state index contributed by atoms with van der Waals surface area (Å²) in [4.78, 5) is 11.3. The van der Waals surface area contributed by atoms with E-state index in [4.69, 9.17) is 4.74 Å². The molecule has 4 heteroatoms. The van der Waals surface area contributed by atoms with Crippen molar-refractivity contribution in [3.63, 3.8) is 0 Å². The molecule has 0 radical (unpaired) electrons. The van der Waals surface area contributed by atoms with E-state index < -0.39 is 0 Å². The summed E-state index contributed by atoms with van der Waals surface area (Å²) in [5.41, 5.74) is 1.01. The fourth-order valence-corrected chi connectivity index (χ4v) is 2.72. The van der Waals surface area contributed by atoms with Crippen molar-refractivity contribution < 1.29 is 9.53 Å². The lowest BCUT2D eigenvalue weighted by Crippen LogP contribution is -2.07. The lowest BCUT2D eigenvalue weighted by molar-refractivity contribution is -0.142. The van der Waals surface area contributed by atoms with E-state index in [1.165, 1.54) is 0 Å². The zero-order valence-electron chi connectivity index (χ0n) is 7.98. The van der Waals surface area contributed by atoms with Gasteiger partial charge in [0.15, 0.2) is 0 Å². The van der Waals surface area contributed by atoms with Crippen LogP contribution in [0.5, 0.6) is 0 Å².